The molecule has 2 heterocycles. The van der Waals surface area contributed by atoms with Crippen LogP contribution in [0.1, 0.15) is 17.7 Å². The fourth-order valence-corrected chi connectivity index (χ4v) is 4.31. The van der Waals surface area contributed by atoms with Gasteiger partial charge in [-0.05, 0) is 29.8 Å². The number of pyridine rings is 1. The highest BCUT2D eigenvalue weighted by atomic mass is 16.6. The van der Waals surface area contributed by atoms with Gasteiger partial charge in [0.15, 0.2) is 5.54 Å². The molecule has 2 aromatic carbocycles. The molecule has 2 amide bonds. The predicted octanol–water partition coefficient (Wildman–Crippen LogP) is 2.73. The third-order valence-electron chi connectivity index (χ3n) is 5.99. The summed E-state index contributed by atoms with van der Waals surface area (Å²) in [5, 5.41) is 14.0. The molecule has 178 valence electrons. The summed E-state index contributed by atoms with van der Waals surface area (Å²) in [6.45, 7) is 0.182. The number of non-ortho nitro benzene ring substituents is 1. The quantitative estimate of drug-likeness (QED) is 0.230. The number of aromatic nitrogens is 1. The molecule has 0 unspecified atom stereocenters. The van der Waals surface area contributed by atoms with Crippen molar-refractivity contribution >= 4 is 29.2 Å². The Hall–Kier alpha value is -4.60. The second-order valence-corrected chi connectivity index (χ2v) is 7.93. The smallest absolute Gasteiger partial charge is 0.306 e. The Labute approximate surface area is 200 Å². The van der Waals surface area contributed by atoms with E-state index in [1.165, 1.54) is 42.5 Å². The van der Waals surface area contributed by atoms with Gasteiger partial charge in [0, 0.05) is 30.6 Å². The monoisotopic (exact) mass is 474 g/mol. The minimum atomic E-state index is -1.67. The Morgan fingerprint density at radius 2 is 1.77 bits per heavy atom. The summed E-state index contributed by atoms with van der Waals surface area (Å²) < 4.78 is 4.79. The topological polar surface area (TPSA) is 132 Å². The van der Waals surface area contributed by atoms with Crippen LogP contribution in [-0.2, 0) is 31.2 Å². The highest BCUT2D eigenvalue weighted by Crippen LogP contribution is 2.50. The Balaban J connectivity index is 1.81. The Morgan fingerprint density at radius 1 is 1.09 bits per heavy atom. The van der Waals surface area contributed by atoms with E-state index in [0.29, 0.717) is 0 Å². The molecule has 1 aromatic heterocycles. The molecule has 1 aliphatic rings. The Bertz CT molecular complexity index is 1250. The van der Waals surface area contributed by atoms with Crippen LogP contribution in [0.2, 0.25) is 0 Å². The molecule has 3 aromatic rings. The summed E-state index contributed by atoms with van der Waals surface area (Å²) in [5.41, 5.74) is -0.462. The number of carbonyl (C=O) groups excluding carboxylic acids is 3. The molecule has 0 radical (unpaired) electrons. The molecule has 10 heteroatoms. The van der Waals surface area contributed by atoms with Gasteiger partial charge in [-0.1, -0.05) is 36.4 Å². The first-order chi connectivity index (χ1) is 16.9. The third kappa shape index (κ3) is 4.21. The lowest BCUT2D eigenvalue weighted by Gasteiger charge is -2.55. The van der Waals surface area contributed by atoms with Gasteiger partial charge in [0.2, 0.25) is 5.91 Å². The van der Waals surface area contributed by atoms with Crippen LogP contribution in [0.25, 0.3) is 0 Å². The first kappa shape index (κ1) is 23.6. The number of methoxy groups -OCH3 is 1. The molecule has 0 saturated carbocycles. The van der Waals surface area contributed by atoms with E-state index < -0.39 is 34.2 Å². The SMILES string of the molecule is COC(=O)C[C@H]1C(=O)N(c2ccc([N+](=O)[O-])cc2)[C@@]1(C(=O)NCc1ccccc1)c1ccccn1. The molecule has 1 saturated heterocycles. The fourth-order valence-electron chi connectivity index (χ4n) is 4.31. The van der Waals surface area contributed by atoms with Gasteiger partial charge in [0.25, 0.3) is 11.6 Å². The molecular formula is C25H22N4O6. The van der Waals surface area contributed by atoms with Gasteiger partial charge in [-0.15, -0.1) is 0 Å². The number of hydrogen-bond acceptors (Lipinski definition) is 7. The summed E-state index contributed by atoms with van der Waals surface area (Å²) in [4.78, 5) is 55.7. The van der Waals surface area contributed by atoms with Crippen molar-refractivity contribution in [1.29, 1.82) is 0 Å². The van der Waals surface area contributed by atoms with Gasteiger partial charge in [-0.2, -0.15) is 0 Å². The van der Waals surface area contributed by atoms with Crippen molar-refractivity contribution in [3.05, 3.63) is 100 Å². The van der Waals surface area contributed by atoms with Crippen LogP contribution >= 0.6 is 0 Å². The van der Waals surface area contributed by atoms with Crippen molar-refractivity contribution < 1.29 is 24.0 Å². The molecule has 4 rings (SSSR count). The summed E-state index contributed by atoms with van der Waals surface area (Å²) >= 11 is 0. The van der Waals surface area contributed by atoms with E-state index in [4.69, 9.17) is 4.74 Å². The minimum absolute atomic E-state index is 0.162. The second-order valence-electron chi connectivity index (χ2n) is 7.93. The number of benzene rings is 2. The Morgan fingerprint density at radius 3 is 2.37 bits per heavy atom. The number of nitrogens with one attached hydrogen (secondary N) is 1. The van der Waals surface area contributed by atoms with Crippen LogP contribution in [0.15, 0.2) is 79.0 Å². The lowest BCUT2D eigenvalue weighted by atomic mass is 9.67. The summed E-state index contributed by atoms with van der Waals surface area (Å²) in [5.74, 6) is -2.77. The zero-order valence-corrected chi connectivity index (χ0v) is 18.8. The molecule has 2 atom stereocenters. The molecule has 1 fully saturated rings. The van der Waals surface area contributed by atoms with Crippen LogP contribution in [-0.4, -0.2) is 34.8 Å². The highest BCUT2D eigenvalue weighted by molar-refractivity contribution is 6.16. The maximum absolute atomic E-state index is 13.9. The molecule has 0 spiro atoms. The third-order valence-corrected chi connectivity index (χ3v) is 5.99. The number of carbonyl (C=O) groups is 3. The lowest BCUT2D eigenvalue weighted by molar-refractivity contribution is -0.384. The predicted molar refractivity (Wildman–Crippen MR) is 125 cm³/mol. The minimum Gasteiger partial charge on any atom is -0.469 e. The van der Waals surface area contributed by atoms with E-state index >= 15 is 0 Å². The number of anilines is 1. The zero-order valence-electron chi connectivity index (χ0n) is 18.8. The number of amides is 2. The van der Waals surface area contributed by atoms with Crippen molar-refractivity contribution in [2.75, 3.05) is 12.0 Å². The van der Waals surface area contributed by atoms with Crippen molar-refractivity contribution in [3.8, 4) is 0 Å². The van der Waals surface area contributed by atoms with Gasteiger partial charge in [-0.3, -0.25) is 34.4 Å². The number of nitrogens with zero attached hydrogens (tertiary/aromatic N) is 3. The fraction of sp³-hybridized carbons (Fsp3) is 0.200. The van der Waals surface area contributed by atoms with E-state index in [2.05, 4.69) is 10.3 Å². The molecule has 0 bridgehead atoms. The summed E-state index contributed by atoms with van der Waals surface area (Å²) in [6, 6.07) is 19.5. The van der Waals surface area contributed by atoms with E-state index in [0.717, 1.165) is 5.56 Å². The van der Waals surface area contributed by atoms with Gasteiger partial charge in [-0.25, -0.2) is 0 Å². The van der Waals surface area contributed by atoms with Crippen LogP contribution in [0.4, 0.5) is 11.4 Å². The largest absolute Gasteiger partial charge is 0.469 e. The van der Waals surface area contributed by atoms with Crippen molar-refractivity contribution in [3.63, 3.8) is 0 Å². The number of nitro benzene ring substituents is 1. The normalized spacial score (nSPS) is 18.9. The maximum atomic E-state index is 13.9. The summed E-state index contributed by atoms with van der Waals surface area (Å²) in [6.07, 6.45) is 1.15. The van der Waals surface area contributed by atoms with Crippen LogP contribution in [0.3, 0.4) is 0 Å². The molecule has 35 heavy (non-hydrogen) atoms. The first-order valence-corrected chi connectivity index (χ1v) is 10.8. The van der Waals surface area contributed by atoms with Crippen molar-refractivity contribution in [2.24, 2.45) is 5.92 Å². The van der Waals surface area contributed by atoms with E-state index in [1.54, 1.807) is 18.2 Å². The van der Waals surface area contributed by atoms with Gasteiger partial charge in [0.1, 0.15) is 0 Å². The molecule has 10 nitrogen and oxygen atoms in total. The number of ether oxygens (including phenoxy) is 1. The average Bonchev–Trinajstić information content (AvgIpc) is 2.89. The van der Waals surface area contributed by atoms with Crippen LogP contribution in [0.5, 0.6) is 0 Å². The van der Waals surface area contributed by atoms with E-state index in [-0.39, 0.29) is 30.0 Å². The van der Waals surface area contributed by atoms with Gasteiger partial charge >= 0.3 is 5.97 Å². The maximum Gasteiger partial charge on any atom is 0.306 e. The number of nitro groups is 1. The van der Waals surface area contributed by atoms with Gasteiger partial charge < -0.3 is 10.1 Å². The van der Waals surface area contributed by atoms with Crippen molar-refractivity contribution in [2.45, 2.75) is 18.5 Å². The molecule has 1 aliphatic heterocycles. The highest BCUT2D eigenvalue weighted by Gasteiger charge is 2.67. The Kier molecular flexibility index (Phi) is 6.54. The number of β-lactam (4-membered cyclic amide) rings is 1. The molecular weight excluding hydrogens is 452 g/mol. The summed E-state index contributed by atoms with van der Waals surface area (Å²) in [7, 11) is 1.21. The first-order valence-electron chi connectivity index (χ1n) is 10.8. The second kappa shape index (κ2) is 9.72. The van der Waals surface area contributed by atoms with Crippen molar-refractivity contribution in [1.82, 2.24) is 10.3 Å². The van der Waals surface area contributed by atoms with Gasteiger partial charge in [0.05, 0.1) is 30.1 Å². The number of esters is 1. The number of rotatable bonds is 8. The lowest BCUT2D eigenvalue weighted by Crippen LogP contribution is -2.75. The average molecular weight is 474 g/mol. The zero-order chi connectivity index (χ0) is 25.0. The molecule has 1 N–H and O–H groups in total. The van der Waals surface area contributed by atoms with E-state index in [9.17, 15) is 24.5 Å². The van der Waals surface area contributed by atoms with E-state index in [1.807, 2.05) is 30.3 Å². The standard InChI is InChI=1S/C25H22N4O6/c1-35-22(30)15-20-23(31)28(18-10-12-19(13-11-18)29(33)34)25(20,21-9-5-6-14-26-21)24(32)27-16-17-7-3-2-4-8-17/h2-14,20H,15-16H2,1H3,(H,27,32)/t20-,25+/m0/s1. The van der Waals surface area contributed by atoms with Crippen LogP contribution in [0, 0.1) is 16.0 Å². The molecule has 0 aliphatic carbocycles. The number of hydrogen-bond donors (Lipinski definition) is 1. The van der Waals surface area contributed by atoms with Crippen LogP contribution < -0.4 is 10.2 Å².